The number of piperazine rings is 1. The maximum atomic E-state index is 14.8. The molecule has 4 nitrogen and oxygen atoms in total. The minimum Gasteiger partial charge on any atom is -0.398 e. The number of nitrogens with two attached hydrogens (primary N) is 1. The fraction of sp³-hybridized carbons (Fsp3) is 0.550. The van der Waals surface area contributed by atoms with Gasteiger partial charge in [-0.05, 0) is 48.1 Å². The molecule has 4 unspecified atom stereocenters. The van der Waals surface area contributed by atoms with Gasteiger partial charge < -0.3 is 16.0 Å². The second-order valence-electron chi connectivity index (χ2n) is 7.92. The summed E-state index contributed by atoms with van der Waals surface area (Å²) in [5.74, 6) is 0.559. The van der Waals surface area contributed by atoms with Crippen LogP contribution in [0, 0.1) is 17.2 Å². The number of para-hydroxylation sites is 1. The Kier molecular flexibility index (Phi) is 4.84. The third-order valence-corrected chi connectivity index (χ3v) is 6.89. The number of nitrogen functional groups attached to an aromatic ring is 1. The standard InChI is InChI=1S/C20H27FN4S/c1-24-5-7-25(8-6-24)11-12(10-22)17-18-14(9-15(18)19(17)21)13-3-2-4-16(26)20(13)23/h2-4,10,14-15,18-19,22,26H,5-9,11,23H2,1H3/b17-12-,22-10?. The van der Waals surface area contributed by atoms with E-state index in [1.165, 1.54) is 6.21 Å². The van der Waals surface area contributed by atoms with Gasteiger partial charge in [-0.2, -0.15) is 0 Å². The van der Waals surface area contributed by atoms with Gasteiger partial charge in [-0.1, -0.05) is 12.1 Å². The number of anilines is 1. The summed E-state index contributed by atoms with van der Waals surface area (Å²) in [6.45, 7) is 4.69. The third kappa shape index (κ3) is 2.88. The average Bonchev–Trinajstić information content (AvgIpc) is 2.62. The molecule has 2 aliphatic carbocycles. The molecule has 1 aromatic carbocycles. The van der Waals surface area contributed by atoms with Crippen molar-refractivity contribution in [2.75, 3.05) is 45.5 Å². The zero-order chi connectivity index (χ0) is 18.4. The number of hydrogen-bond donors (Lipinski definition) is 3. The van der Waals surface area contributed by atoms with Gasteiger partial charge in [0.25, 0.3) is 0 Å². The number of hydrogen-bond acceptors (Lipinski definition) is 5. The molecule has 3 fully saturated rings. The molecule has 1 aliphatic heterocycles. The highest BCUT2D eigenvalue weighted by molar-refractivity contribution is 7.80. The average molecular weight is 375 g/mol. The predicted molar refractivity (Wildman–Crippen MR) is 107 cm³/mol. The van der Waals surface area contributed by atoms with Crippen LogP contribution in [-0.4, -0.2) is 62.0 Å². The SMILES string of the molecule is CN1CCN(C/C(C=N)=C2\C(F)C3CC(c4cccc(S)c4N)C23)CC1. The van der Waals surface area contributed by atoms with Gasteiger partial charge in [-0.3, -0.25) is 4.90 Å². The van der Waals surface area contributed by atoms with Crippen molar-refractivity contribution >= 4 is 24.5 Å². The van der Waals surface area contributed by atoms with Gasteiger partial charge >= 0.3 is 0 Å². The highest BCUT2D eigenvalue weighted by Crippen LogP contribution is 2.64. The first-order valence-electron chi connectivity index (χ1n) is 9.37. The van der Waals surface area contributed by atoms with Crippen molar-refractivity contribution in [3.8, 4) is 0 Å². The Morgan fingerprint density at radius 1 is 1.35 bits per heavy atom. The lowest BCUT2D eigenvalue weighted by Crippen LogP contribution is -2.55. The highest BCUT2D eigenvalue weighted by Gasteiger charge is 2.59. The fourth-order valence-electron chi connectivity index (χ4n) is 4.81. The molecule has 140 valence electrons. The molecule has 6 heteroatoms. The molecule has 3 aliphatic rings. The lowest BCUT2D eigenvalue weighted by Gasteiger charge is -2.58. The smallest absolute Gasteiger partial charge is 0.126 e. The van der Waals surface area contributed by atoms with Gasteiger partial charge in [-0.15, -0.1) is 12.6 Å². The van der Waals surface area contributed by atoms with E-state index in [-0.39, 0.29) is 17.8 Å². The van der Waals surface area contributed by atoms with Crippen LogP contribution >= 0.6 is 12.6 Å². The van der Waals surface area contributed by atoms with Crippen molar-refractivity contribution in [3.05, 3.63) is 34.9 Å². The van der Waals surface area contributed by atoms with E-state index in [9.17, 15) is 4.39 Å². The van der Waals surface area contributed by atoms with Crippen LogP contribution < -0.4 is 5.73 Å². The Labute approximate surface area is 160 Å². The van der Waals surface area contributed by atoms with Crippen molar-refractivity contribution in [1.82, 2.24) is 9.80 Å². The molecule has 1 aromatic rings. The van der Waals surface area contributed by atoms with Crippen LogP contribution in [0.4, 0.5) is 10.1 Å². The summed E-state index contributed by atoms with van der Waals surface area (Å²) in [7, 11) is 2.13. The molecule has 1 heterocycles. The van der Waals surface area contributed by atoms with Crippen molar-refractivity contribution in [2.45, 2.75) is 23.4 Å². The summed E-state index contributed by atoms with van der Waals surface area (Å²) in [6, 6.07) is 5.91. The van der Waals surface area contributed by atoms with E-state index in [1.54, 1.807) is 0 Å². The minimum absolute atomic E-state index is 0.0976. The van der Waals surface area contributed by atoms with Crippen LogP contribution in [0.15, 0.2) is 34.2 Å². The molecule has 0 bridgehead atoms. The molecule has 0 amide bonds. The second-order valence-corrected chi connectivity index (χ2v) is 8.40. The first-order chi connectivity index (χ1) is 12.5. The summed E-state index contributed by atoms with van der Waals surface area (Å²) in [5.41, 5.74) is 9.76. The van der Waals surface area contributed by atoms with Crippen molar-refractivity contribution in [2.24, 2.45) is 11.8 Å². The number of alkyl halides is 1. The second kappa shape index (κ2) is 6.98. The topological polar surface area (TPSA) is 56.4 Å². The molecule has 0 spiro atoms. The quantitative estimate of drug-likeness (QED) is 0.432. The summed E-state index contributed by atoms with van der Waals surface area (Å²) < 4.78 is 14.8. The van der Waals surface area contributed by atoms with Crippen LogP contribution in [-0.2, 0) is 0 Å². The van der Waals surface area contributed by atoms with E-state index < -0.39 is 6.17 Å². The van der Waals surface area contributed by atoms with Crippen LogP contribution in [0.3, 0.4) is 0 Å². The molecule has 0 aromatic heterocycles. The first kappa shape index (κ1) is 18.0. The van der Waals surface area contributed by atoms with Gasteiger partial charge in [0, 0.05) is 55.4 Å². The molecule has 26 heavy (non-hydrogen) atoms. The molecule has 3 N–H and O–H groups in total. The number of allylic oxidation sites excluding steroid dienone is 1. The summed E-state index contributed by atoms with van der Waals surface area (Å²) in [4.78, 5) is 5.43. The molecule has 2 saturated carbocycles. The van der Waals surface area contributed by atoms with Gasteiger partial charge in [0.05, 0.1) is 0 Å². The Hall–Kier alpha value is -1.37. The Balaban J connectivity index is 1.56. The maximum absolute atomic E-state index is 14.8. The van der Waals surface area contributed by atoms with Gasteiger partial charge in [0.15, 0.2) is 0 Å². The number of nitrogens with zero attached hydrogens (tertiary/aromatic N) is 2. The van der Waals surface area contributed by atoms with E-state index in [4.69, 9.17) is 11.1 Å². The fourth-order valence-corrected chi connectivity index (χ4v) is 5.02. The van der Waals surface area contributed by atoms with E-state index >= 15 is 0 Å². The monoisotopic (exact) mass is 374 g/mol. The number of nitrogens with one attached hydrogen (secondary N) is 1. The molecule has 0 radical (unpaired) electrons. The Morgan fingerprint density at radius 2 is 2.08 bits per heavy atom. The lowest BCUT2D eigenvalue weighted by atomic mass is 9.47. The minimum atomic E-state index is -0.888. The summed E-state index contributed by atoms with van der Waals surface area (Å²) in [5, 5.41) is 7.88. The highest BCUT2D eigenvalue weighted by atomic mass is 32.1. The maximum Gasteiger partial charge on any atom is 0.126 e. The van der Waals surface area contributed by atoms with Crippen molar-refractivity contribution < 1.29 is 4.39 Å². The lowest BCUT2D eigenvalue weighted by molar-refractivity contribution is 0.000419. The predicted octanol–water partition coefficient (Wildman–Crippen LogP) is 2.82. The third-order valence-electron chi connectivity index (χ3n) is 6.50. The molecular weight excluding hydrogens is 347 g/mol. The molecule has 4 atom stereocenters. The van der Waals surface area contributed by atoms with Crippen LogP contribution in [0.25, 0.3) is 0 Å². The molecular formula is C20H27FN4S. The van der Waals surface area contributed by atoms with Crippen LogP contribution in [0.2, 0.25) is 0 Å². The first-order valence-corrected chi connectivity index (χ1v) is 9.81. The van der Waals surface area contributed by atoms with Crippen LogP contribution in [0.1, 0.15) is 17.9 Å². The van der Waals surface area contributed by atoms with Gasteiger partial charge in [0.2, 0.25) is 0 Å². The molecule has 4 rings (SSSR count). The largest absolute Gasteiger partial charge is 0.398 e. The van der Waals surface area contributed by atoms with Crippen molar-refractivity contribution in [3.63, 3.8) is 0 Å². The van der Waals surface area contributed by atoms with E-state index in [0.29, 0.717) is 6.54 Å². The summed E-state index contributed by atoms with van der Waals surface area (Å²) in [6.07, 6.45) is 1.33. The zero-order valence-corrected chi connectivity index (χ0v) is 16.1. The van der Waals surface area contributed by atoms with Crippen LogP contribution in [0.5, 0.6) is 0 Å². The Morgan fingerprint density at radius 3 is 2.77 bits per heavy atom. The van der Waals surface area contributed by atoms with Crippen molar-refractivity contribution in [1.29, 1.82) is 5.41 Å². The summed E-state index contributed by atoms with van der Waals surface area (Å²) >= 11 is 4.43. The normalized spacial score (nSPS) is 33.8. The number of rotatable bonds is 4. The zero-order valence-electron chi connectivity index (χ0n) is 15.2. The van der Waals surface area contributed by atoms with E-state index in [0.717, 1.165) is 59.9 Å². The van der Waals surface area contributed by atoms with E-state index in [1.807, 2.05) is 18.2 Å². The van der Waals surface area contributed by atoms with Gasteiger partial charge in [-0.25, -0.2) is 4.39 Å². The number of thiol groups is 1. The number of benzene rings is 1. The number of halogens is 1. The number of fused-ring (bicyclic) bond motifs is 1. The Bertz CT molecular complexity index is 741. The van der Waals surface area contributed by atoms with Gasteiger partial charge in [0.1, 0.15) is 6.17 Å². The number of likely N-dealkylation sites (N-methyl/N-ethyl adjacent to an activating group) is 1. The molecule has 1 saturated heterocycles. The van der Waals surface area contributed by atoms with E-state index in [2.05, 4.69) is 29.5 Å².